The van der Waals surface area contributed by atoms with Crippen LogP contribution in [0.3, 0.4) is 0 Å². The lowest BCUT2D eigenvalue weighted by Gasteiger charge is -2.18. The van der Waals surface area contributed by atoms with E-state index in [0.717, 1.165) is 28.8 Å². The SMILES string of the molecule is CCOC(=O)c1c(NC(=O)C(=O)N/N=C/c2cc(Br)ccc2OC(=O)c2ccccc2C)sc2c1CCC(C)C2. The zero-order valence-corrected chi connectivity index (χ0v) is 24.6. The molecule has 1 aliphatic carbocycles. The van der Waals surface area contributed by atoms with Crippen LogP contribution in [0.25, 0.3) is 0 Å². The lowest BCUT2D eigenvalue weighted by Crippen LogP contribution is -2.32. The minimum absolute atomic E-state index is 0.195. The molecular weight excluding hydrogens is 598 g/mol. The average Bonchev–Trinajstić information content (AvgIpc) is 3.27. The molecule has 208 valence electrons. The minimum atomic E-state index is -1.03. The minimum Gasteiger partial charge on any atom is -0.462 e. The van der Waals surface area contributed by atoms with Crippen molar-refractivity contribution in [2.75, 3.05) is 11.9 Å². The second-order valence-corrected chi connectivity index (χ2v) is 11.3. The predicted octanol–water partition coefficient (Wildman–Crippen LogP) is 5.43. The number of benzene rings is 2. The molecule has 11 heteroatoms. The summed E-state index contributed by atoms with van der Waals surface area (Å²) >= 11 is 4.66. The maximum atomic E-state index is 12.7. The van der Waals surface area contributed by atoms with Crippen LogP contribution in [0.5, 0.6) is 5.75 Å². The van der Waals surface area contributed by atoms with E-state index in [4.69, 9.17) is 9.47 Å². The van der Waals surface area contributed by atoms with Crippen molar-refractivity contribution in [3.8, 4) is 5.75 Å². The van der Waals surface area contributed by atoms with E-state index < -0.39 is 23.8 Å². The summed E-state index contributed by atoms with van der Waals surface area (Å²) in [6.45, 7) is 5.85. The number of nitrogens with zero attached hydrogens (tertiary/aromatic N) is 1. The van der Waals surface area contributed by atoms with Gasteiger partial charge < -0.3 is 14.8 Å². The fourth-order valence-electron chi connectivity index (χ4n) is 4.30. The number of carbonyl (C=O) groups excluding carboxylic acids is 4. The molecule has 0 fully saturated rings. The van der Waals surface area contributed by atoms with Crippen LogP contribution < -0.4 is 15.5 Å². The Bertz CT molecular complexity index is 1500. The number of hydrogen-bond donors (Lipinski definition) is 2. The van der Waals surface area contributed by atoms with Crippen molar-refractivity contribution < 1.29 is 28.7 Å². The number of carbonyl (C=O) groups is 4. The predicted molar refractivity (Wildman–Crippen MR) is 156 cm³/mol. The van der Waals surface area contributed by atoms with Gasteiger partial charge in [-0.1, -0.05) is 41.1 Å². The zero-order chi connectivity index (χ0) is 28.8. The summed E-state index contributed by atoms with van der Waals surface area (Å²) in [6, 6.07) is 12.0. The molecule has 9 nitrogen and oxygen atoms in total. The molecule has 1 heterocycles. The molecule has 0 radical (unpaired) electrons. The number of rotatable bonds is 7. The van der Waals surface area contributed by atoms with Crippen LogP contribution in [0.4, 0.5) is 5.00 Å². The number of anilines is 1. The van der Waals surface area contributed by atoms with Gasteiger partial charge in [0.15, 0.2) is 0 Å². The van der Waals surface area contributed by atoms with E-state index in [9.17, 15) is 19.2 Å². The van der Waals surface area contributed by atoms with E-state index in [-0.39, 0.29) is 12.4 Å². The number of aryl methyl sites for hydroxylation is 1. The summed E-state index contributed by atoms with van der Waals surface area (Å²) in [6.07, 6.45) is 3.70. The van der Waals surface area contributed by atoms with Crippen LogP contribution in [0.1, 0.15) is 62.6 Å². The van der Waals surface area contributed by atoms with E-state index in [1.165, 1.54) is 17.6 Å². The van der Waals surface area contributed by atoms with Crippen molar-refractivity contribution in [2.24, 2.45) is 11.0 Å². The second kappa shape index (κ2) is 13.0. The van der Waals surface area contributed by atoms with E-state index in [1.807, 2.05) is 19.1 Å². The fourth-order valence-corrected chi connectivity index (χ4v) is 6.07. The van der Waals surface area contributed by atoms with Gasteiger partial charge in [0.05, 0.1) is 23.9 Å². The molecule has 2 N–H and O–H groups in total. The van der Waals surface area contributed by atoms with E-state index in [0.29, 0.717) is 38.5 Å². The number of ether oxygens (including phenoxy) is 2. The summed E-state index contributed by atoms with van der Waals surface area (Å²) in [5.41, 5.74) is 4.95. The molecule has 0 saturated carbocycles. The van der Waals surface area contributed by atoms with Crippen molar-refractivity contribution >= 4 is 62.2 Å². The Morgan fingerprint density at radius 1 is 1.12 bits per heavy atom. The smallest absolute Gasteiger partial charge is 0.343 e. The van der Waals surface area contributed by atoms with Crippen molar-refractivity contribution in [3.05, 3.63) is 79.6 Å². The molecule has 0 spiro atoms. The summed E-state index contributed by atoms with van der Waals surface area (Å²) < 4.78 is 11.5. The summed E-state index contributed by atoms with van der Waals surface area (Å²) in [4.78, 5) is 51.6. The Balaban J connectivity index is 1.46. The normalized spacial score (nSPS) is 14.3. The van der Waals surface area contributed by atoms with Crippen molar-refractivity contribution in [3.63, 3.8) is 0 Å². The monoisotopic (exact) mass is 625 g/mol. The number of thiophene rings is 1. The molecule has 1 atom stereocenters. The van der Waals surface area contributed by atoms with Crippen LogP contribution in [0.15, 0.2) is 52.0 Å². The third-order valence-electron chi connectivity index (χ3n) is 6.33. The van der Waals surface area contributed by atoms with Crippen molar-refractivity contribution in [2.45, 2.75) is 40.0 Å². The van der Waals surface area contributed by atoms with Gasteiger partial charge >= 0.3 is 23.8 Å². The van der Waals surface area contributed by atoms with Crippen LogP contribution in [-0.4, -0.2) is 36.6 Å². The Morgan fingerprint density at radius 3 is 2.65 bits per heavy atom. The number of nitrogens with one attached hydrogen (secondary N) is 2. The highest BCUT2D eigenvalue weighted by Gasteiger charge is 2.30. The Morgan fingerprint density at radius 2 is 1.90 bits per heavy atom. The molecule has 3 aromatic rings. The van der Waals surface area contributed by atoms with Gasteiger partial charge in [0.25, 0.3) is 0 Å². The first-order chi connectivity index (χ1) is 19.2. The van der Waals surface area contributed by atoms with Gasteiger partial charge in [-0.25, -0.2) is 15.0 Å². The molecular formula is C29H28BrN3O6S. The quantitative estimate of drug-likeness (QED) is 0.119. The van der Waals surface area contributed by atoms with Crippen LogP contribution in [0.2, 0.25) is 0 Å². The standard InChI is InChI=1S/C29H28BrN3O6S/c1-4-38-29(37)24-21-11-9-16(2)13-23(21)40-27(24)32-25(34)26(35)33-31-15-18-14-19(30)10-12-22(18)39-28(36)20-8-6-5-7-17(20)3/h5-8,10,12,14-16H,4,9,11,13H2,1-3H3,(H,32,34)(H,33,35)/b31-15+. The molecule has 2 aromatic carbocycles. The number of hydrazone groups is 1. The average molecular weight is 627 g/mol. The number of hydrogen-bond acceptors (Lipinski definition) is 8. The Kier molecular flexibility index (Phi) is 9.49. The lowest BCUT2D eigenvalue weighted by atomic mass is 9.88. The van der Waals surface area contributed by atoms with Gasteiger partial charge in [-0.2, -0.15) is 5.10 Å². The van der Waals surface area contributed by atoms with Crippen molar-refractivity contribution in [1.29, 1.82) is 0 Å². The summed E-state index contributed by atoms with van der Waals surface area (Å²) in [7, 11) is 0. The number of fused-ring (bicyclic) bond motifs is 1. The molecule has 0 saturated heterocycles. The largest absolute Gasteiger partial charge is 0.462 e. The third-order valence-corrected chi connectivity index (χ3v) is 8.00. The maximum absolute atomic E-state index is 12.7. The van der Waals surface area contributed by atoms with E-state index >= 15 is 0 Å². The number of halogens is 1. The first-order valence-electron chi connectivity index (χ1n) is 12.7. The van der Waals surface area contributed by atoms with E-state index in [1.54, 1.807) is 37.3 Å². The summed E-state index contributed by atoms with van der Waals surface area (Å²) in [5.74, 6) is -2.39. The highest BCUT2D eigenvalue weighted by atomic mass is 79.9. The Labute approximate surface area is 244 Å². The molecule has 4 rings (SSSR count). The molecule has 1 aliphatic rings. The molecule has 1 aromatic heterocycles. The highest BCUT2D eigenvalue weighted by Crippen LogP contribution is 2.40. The maximum Gasteiger partial charge on any atom is 0.343 e. The van der Waals surface area contributed by atoms with Gasteiger partial charge in [-0.15, -0.1) is 11.3 Å². The number of amides is 2. The molecule has 2 amide bonds. The summed E-state index contributed by atoms with van der Waals surface area (Å²) in [5, 5.41) is 6.73. The van der Waals surface area contributed by atoms with Crippen LogP contribution >= 0.6 is 27.3 Å². The van der Waals surface area contributed by atoms with Crippen LogP contribution in [0, 0.1) is 12.8 Å². The van der Waals surface area contributed by atoms with Crippen LogP contribution in [-0.2, 0) is 27.2 Å². The topological polar surface area (TPSA) is 123 Å². The van der Waals surface area contributed by atoms with Crippen molar-refractivity contribution in [1.82, 2.24) is 5.43 Å². The fraction of sp³-hybridized carbons (Fsp3) is 0.276. The first kappa shape index (κ1) is 29.2. The highest BCUT2D eigenvalue weighted by molar-refractivity contribution is 9.10. The molecule has 0 aliphatic heterocycles. The number of esters is 2. The Hall–Kier alpha value is -3.83. The molecule has 0 bridgehead atoms. The van der Waals surface area contributed by atoms with Gasteiger partial charge in [0.2, 0.25) is 0 Å². The third kappa shape index (κ3) is 6.83. The zero-order valence-electron chi connectivity index (χ0n) is 22.2. The van der Waals surface area contributed by atoms with E-state index in [2.05, 4.69) is 38.7 Å². The second-order valence-electron chi connectivity index (χ2n) is 9.32. The molecule has 40 heavy (non-hydrogen) atoms. The van der Waals surface area contributed by atoms with Gasteiger partial charge in [-0.05, 0) is 74.4 Å². The first-order valence-corrected chi connectivity index (χ1v) is 14.3. The molecule has 1 unspecified atom stereocenters. The van der Waals surface area contributed by atoms with Gasteiger partial charge in [-0.3, -0.25) is 9.59 Å². The van der Waals surface area contributed by atoms with Gasteiger partial charge in [0, 0.05) is 14.9 Å². The van der Waals surface area contributed by atoms with Gasteiger partial charge in [0.1, 0.15) is 10.8 Å². The lowest BCUT2D eigenvalue weighted by molar-refractivity contribution is -0.136.